The molecule has 2 aromatic carbocycles. The number of rotatable bonds is 6. The van der Waals surface area contributed by atoms with Crippen molar-refractivity contribution in [3.63, 3.8) is 0 Å². The van der Waals surface area contributed by atoms with Gasteiger partial charge in [-0.15, -0.1) is 11.8 Å². The van der Waals surface area contributed by atoms with Gasteiger partial charge in [-0.05, 0) is 42.5 Å². The molecule has 0 radical (unpaired) electrons. The third-order valence-electron chi connectivity index (χ3n) is 2.48. The van der Waals surface area contributed by atoms with Crippen molar-refractivity contribution in [1.82, 2.24) is 0 Å². The van der Waals surface area contributed by atoms with E-state index >= 15 is 0 Å². The average molecular weight is 278 g/mol. The molecule has 0 N–H and O–H groups in total. The zero-order valence-electron chi connectivity index (χ0n) is 10.6. The number of hydrogen-bond acceptors (Lipinski definition) is 3. The largest absolute Gasteiger partial charge is 0.497 e. The van der Waals surface area contributed by atoms with E-state index in [1.54, 1.807) is 31.0 Å². The highest BCUT2D eigenvalue weighted by Crippen LogP contribution is 2.22. The van der Waals surface area contributed by atoms with Gasteiger partial charge in [-0.1, -0.05) is 6.07 Å². The van der Waals surface area contributed by atoms with Crippen LogP contribution in [0.1, 0.15) is 0 Å². The molecule has 19 heavy (non-hydrogen) atoms. The van der Waals surface area contributed by atoms with Crippen molar-refractivity contribution >= 4 is 11.8 Å². The lowest BCUT2D eigenvalue weighted by Gasteiger charge is -2.06. The maximum atomic E-state index is 12.7. The van der Waals surface area contributed by atoms with Gasteiger partial charge >= 0.3 is 0 Å². The first-order valence-corrected chi connectivity index (χ1v) is 6.92. The summed E-state index contributed by atoms with van der Waals surface area (Å²) in [4.78, 5) is 1.14. The van der Waals surface area contributed by atoms with Gasteiger partial charge in [-0.2, -0.15) is 0 Å². The fourth-order valence-electron chi connectivity index (χ4n) is 1.54. The maximum Gasteiger partial charge on any atom is 0.123 e. The normalized spacial score (nSPS) is 10.2. The monoisotopic (exact) mass is 278 g/mol. The van der Waals surface area contributed by atoms with Crippen molar-refractivity contribution in [1.29, 1.82) is 0 Å². The standard InChI is InChI=1S/C15H15FO2S/c1-17-14-3-2-4-15(11-14)19-10-9-18-13-7-5-12(16)6-8-13/h2-8,11H,9-10H2,1H3. The highest BCUT2D eigenvalue weighted by Gasteiger charge is 1.98. The third kappa shape index (κ3) is 4.48. The summed E-state index contributed by atoms with van der Waals surface area (Å²) in [5.74, 6) is 2.11. The van der Waals surface area contributed by atoms with E-state index in [0.717, 1.165) is 16.4 Å². The van der Waals surface area contributed by atoms with Crippen LogP contribution in [0.3, 0.4) is 0 Å². The molecule has 4 heteroatoms. The molecule has 0 unspecified atom stereocenters. The molecular weight excluding hydrogens is 263 g/mol. The zero-order chi connectivity index (χ0) is 13.5. The lowest BCUT2D eigenvalue weighted by atomic mass is 10.3. The van der Waals surface area contributed by atoms with Gasteiger partial charge in [0, 0.05) is 10.6 Å². The fraction of sp³-hybridized carbons (Fsp3) is 0.200. The van der Waals surface area contributed by atoms with Gasteiger partial charge in [0.15, 0.2) is 0 Å². The Morgan fingerprint density at radius 3 is 2.58 bits per heavy atom. The van der Waals surface area contributed by atoms with Crippen LogP contribution in [0.4, 0.5) is 4.39 Å². The number of benzene rings is 2. The Labute approximate surface area is 116 Å². The number of hydrogen-bond donors (Lipinski definition) is 0. The van der Waals surface area contributed by atoms with E-state index in [1.165, 1.54) is 12.1 Å². The summed E-state index contributed by atoms with van der Waals surface area (Å²) < 4.78 is 23.4. The predicted octanol–water partition coefficient (Wildman–Crippen LogP) is 4.01. The molecule has 2 nitrogen and oxygen atoms in total. The molecule has 100 valence electrons. The molecule has 0 aliphatic heterocycles. The molecule has 0 fully saturated rings. The molecule has 0 atom stereocenters. The minimum Gasteiger partial charge on any atom is -0.497 e. The summed E-state index contributed by atoms with van der Waals surface area (Å²) in [5, 5.41) is 0. The van der Waals surface area contributed by atoms with Crippen LogP contribution in [-0.4, -0.2) is 19.5 Å². The SMILES string of the molecule is COc1cccc(SCCOc2ccc(F)cc2)c1. The Balaban J connectivity index is 1.75. The van der Waals surface area contributed by atoms with Crippen molar-refractivity contribution in [2.75, 3.05) is 19.5 Å². The topological polar surface area (TPSA) is 18.5 Å². The van der Waals surface area contributed by atoms with E-state index < -0.39 is 0 Å². The molecule has 0 saturated carbocycles. The van der Waals surface area contributed by atoms with Crippen LogP contribution in [-0.2, 0) is 0 Å². The molecule has 0 amide bonds. The molecule has 0 aliphatic carbocycles. The van der Waals surface area contributed by atoms with Crippen molar-refractivity contribution in [2.45, 2.75) is 4.90 Å². The van der Waals surface area contributed by atoms with E-state index in [0.29, 0.717) is 12.4 Å². The van der Waals surface area contributed by atoms with Gasteiger partial charge in [-0.3, -0.25) is 0 Å². The van der Waals surface area contributed by atoms with Crippen molar-refractivity contribution in [2.24, 2.45) is 0 Å². The lowest BCUT2D eigenvalue weighted by Crippen LogP contribution is -1.99. The van der Waals surface area contributed by atoms with Gasteiger partial charge in [0.2, 0.25) is 0 Å². The predicted molar refractivity (Wildman–Crippen MR) is 75.6 cm³/mol. The Bertz CT molecular complexity index is 514. The highest BCUT2D eigenvalue weighted by molar-refractivity contribution is 7.99. The van der Waals surface area contributed by atoms with Gasteiger partial charge in [0.25, 0.3) is 0 Å². The summed E-state index contributed by atoms with van der Waals surface area (Å²) in [6.07, 6.45) is 0. The highest BCUT2D eigenvalue weighted by atomic mass is 32.2. The second kappa shape index (κ2) is 7.04. The molecule has 2 rings (SSSR count). The van der Waals surface area contributed by atoms with Crippen molar-refractivity contribution in [3.8, 4) is 11.5 Å². The summed E-state index contributed by atoms with van der Waals surface area (Å²) >= 11 is 1.69. The number of thioether (sulfide) groups is 1. The van der Waals surface area contributed by atoms with Crippen molar-refractivity contribution in [3.05, 3.63) is 54.3 Å². The molecule has 0 bridgehead atoms. The van der Waals surface area contributed by atoms with E-state index in [4.69, 9.17) is 9.47 Å². The van der Waals surface area contributed by atoms with Crippen LogP contribution >= 0.6 is 11.8 Å². The summed E-state index contributed by atoms with van der Waals surface area (Å²) in [6, 6.07) is 13.9. The second-order valence-corrected chi connectivity index (χ2v) is 5.00. The van der Waals surface area contributed by atoms with Gasteiger partial charge in [0.05, 0.1) is 13.7 Å². The fourth-order valence-corrected chi connectivity index (χ4v) is 2.32. The third-order valence-corrected chi connectivity index (χ3v) is 3.43. The summed E-state index contributed by atoms with van der Waals surface area (Å²) in [7, 11) is 1.65. The van der Waals surface area contributed by atoms with E-state index in [2.05, 4.69) is 0 Å². The van der Waals surface area contributed by atoms with Crippen molar-refractivity contribution < 1.29 is 13.9 Å². The number of methoxy groups -OCH3 is 1. The van der Waals surface area contributed by atoms with E-state index in [-0.39, 0.29) is 5.82 Å². The van der Waals surface area contributed by atoms with Crippen LogP contribution in [0.15, 0.2) is 53.4 Å². The average Bonchev–Trinajstić information content (AvgIpc) is 2.46. The molecule has 0 spiro atoms. The van der Waals surface area contributed by atoms with Crippen LogP contribution in [0, 0.1) is 5.82 Å². The van der Waals surface area contributed by atoms with Gasteiger partial charge in [0.1, 0.15) is 17.3 Å². The molecule has 2 aromatic rings. The van der Waals surface area contributed by atoms with Gasteiger partial charge in [-0.25, -0.2) is 4.39 Å². The van der Waals surface area contributed by atoms with Crippen LogP contribution in [0.5, 0.6) is 11.5 Å². The lowest BCUT2D eigenvalue weighted by molar-refractivity contribution is 0.343. The Kier molecular flexibility index (Phi) is 5.10. The number of halogens is 1. The first-order valence-electron chi connectivity index (χ1n) is 5.93. The van der Waals surface area contributed by atoms with E-state index in [1.807, 2.05) is 24.3 Å². The molecule has 0 saturated heterocycles. The first-order chi connectivity index (χ1) is 9.28. The second-order valence-electron chi connectivity index (χ2n) is 3.83. The first kappa shape index (κ1) is 13.7. The molecule has 0 aliphatic rings. The summed E-state index contributed by atoms with van der Waals surface area (Å²) in [6.45, 7) is 0.577. The minimum atomic E-state index is -0.252. The quantitative estimate of drug-likeness (QED) is 0.587. The molecular formula is C15H15FO2S. The summed E-state index contributed by atoms with van der Waals surface area (Å²) in [5.41, 5.74) is 0. The maximum absolute atomic E-state index is 12.7. The minimum absolute atomic E-state index is 0.252. The Morgan fingerprint density at radius 2 is 1.84 bits per heavy atom. The Morgan fingerprint density at radius 1 is 1.05 bits per heavy atom. The van der Waals surface area contributed by atoms with Crippen LogP contribution in [0.2, 0.25) is 0 Å². The molecule has 0 aromatic heterocycles. The zero-order valence-corrected chi connectivity index (χ0v) is 11.5. The number of ether oxygens (including phenoxy) is 2. The van der Waals surface area contributed by atoms with Crippen LogP contribution < -0.4 is 9.47 Å². The van der Waals surface area contributed by atoms with Gasteiger partial charge < -0.3 is 9.47 Å². The Hall–Kier alpha value is -1.68. The molecule has 0 heterocycles. The van der Waals surface area contributed by atoms with Crippen LogP contribution in [0.25, 0.3) is 0 Å². The smallest absolute Gasteiger partial charge is 0.123 e. The van der Waals surface area contributed by atoms with E-state index in [9.17, 15) is 4.39 Å².